The molecule has 2 aliphatic rings. The van der Waals surface area contributed by atoms with Gasteiger partial charge in [0.1, 0.15) is 11.4 Å². The molecule has 0 radical (unpaired) electrons. The molecule has 26 heavy (non-hydrogen) atoms. The zero-order valence-electron chi connectivity index (χ0n) is 15.4. The lowest BCUT2D eigenvalue weighted by Gasteiger charge is -2.44. The summed E-state index contributed by atoms with van der Waals surface area (Å²) >= 11 is 0. The van der Waals surface area contributed by atoms with Crippen molar-refractivity contribution in [3.8, 4) is 17.0 Å². The minimum atomic E-state index is 0.0818. The van der Waals surface area contributed by atoms with Gasteiger partial charge in [-0.3, -0.25) is 4.79 Å². The molecule has 1 aromatic carbocycles. The van der Waals surface area contributed by atoms with Gasteiger partial charge in [-0.25, -0.2) is 4.98 Å². The smallest absolute Gasteiger partial charge is 0.272 e. The molecule has 1 amide bonds. The van der Waals surface area contributed by atoms with Gasteiger partial charge in [-0.15, -0.1) is 0 Å². The minimum Gasteiger partial charge on any atom is -0.496 e. The molecule has 1 saturated carbocycles. The number of carbonyl (C=O) groups excluding carboxylic acids is 1. The highest BCUT2D eigenvalue weighted by Gasteiger charge is 2.36. The summed E-state index contributed by atoms with van der Waals surface area (Å²) in [5.74, 6) is 1.53. The lowest BCUT2D eigenvalue weighted by Crippen LogP contribution is -2.49. The molecule has 136 valence electrons. The second-order valence-corrected chi connectivity index (χ2v) is 7.36. The van der Waals surface area contributed by atoms with Crippen molar-refractivity contribution in [1.82, 2.24) is 9.88 Å². The number of likely N-dealkylation sites (tertiary alicyclic amines) is 1. The van der Waals surface area contributed by atoms with E-state index in [1.165, 1.54) is 25.7 Å². The quantitative estimate of drug-likeness (QED) is 0.815. The average molecular weight is 350 g/mol. The van der Waals surface area contributed by atoms with Crippen LogP contribution in [-0.2, 0) is 0 Å². The van der Waals surface area contributed by atoms with E-state index in [0.29, 0.717) is 17.7 Å². The fraction of sp³-hybridized carbons (Fsp3) is 0.455. The predicted molar refractivity (Wildman–Crippen MR) is 102 cm³/mol. The summed E-state index contributed by atoms with van der Waals surface area (Å²) in [5, 5.41) is 0. The van der Waals surface area contributed by atoms with Crippen LogP contribution in [0.25, 0.3) is 11.3 Å². The van der Waals surface area contributed by atoms with E-state index in [1.807, 2.05) is 42.5 Å². The van der Waals surface area contributed by atoms with Crippen molar-refractivity contribution in [2.45, 2.75) is 44.6 Å². The number of amides is 1. The van der Waals surface area contributed by atoms with Crippen LogP contribution in [0.5, 0.6) is 5.75 Å². The second kappa shape index (κ2) is 7.48. The summed E-state index contributed by atoms with van der Waals surface area (Å²) < 4.78 is 5.45. The molecule has 2 heterocycles. The van der Waals surface area contributed by atoms with Crippen molar-refractivity contribution in [3.63, 3.8) is 0 Å². The Morgan fingerprint density at radius 2 is 1.85 bits per heavy atom. The zero-order valence-corrected chi connectivity index (χ0v) is 15.4. The maximum atomic E-state index is 13.2. The van der Waals surface area contributed by atoms with Crippen molar-refractivity contribution in [1.29, 1.82) is 0 Å². The fourth-order valence-electron chi connectivity index (χ4n) is 4.58. The van der Waals surface area contributed by atoms with Crippen LogP contribution in [0, 0.1) is 5.92 Å². The maximum absolute atomic E-state index is 13.2. The Morgan fingerprint density at radius 1 is 1.04 bits per heavy atom. The topological polar surface area (TPSA) is 42.4 Å². The van der Waals surface area contributed by atoms with E-state index in [0.717, 1.165) is 36.4 Å². The minimum absolute atomic E-state index is 0.0818. The van der Waals surface area contributed by atoms with E-state index in [2.05, 4.69) is 4.90 Å². The Balaban J connectivity index is 1.62. The molecule has 1 saturated heterocycles. The summed E-state index contributed by atoms with van der Waals surface area (Å²) in [4.78, 5) is 20.0. The molecule has 2 aromatic rings. The van der Waals surface area contributed by atoms with Gasteiger partial charge < -0.3 is 9.64 Å². The van der Waals surface area contributed by atoms with Crippen LogP contribution in [0.3, 0.4) is 0 Å². The summed E-state index contributed by atoms with van der Waals surface area (Å²) in [6, 6.07) is 13.9. The highest BCUT2D eigenvalue weighted by Crippen LogP contribution is 2.36. The number of carbonyl (C=O) groups is 1. The van der Waals surface area contributed by atoms with E-state index in [4.69, 9.17) is 9.72 Å². The maximum Gasteiger partial charge on any atom is 0.272 e. The van der Waals surface area contributed by atoms with Gasteiger partial charge in [0, 0.05) is 18.2 Å². The third-order valence-electron chi connectivity index (χ3n) is 5.86. The van der Waals surface area contributed by atoms with Crippen molar-refractivity contribution in [3.05, 3.63) is 48.2 Å². The van der Waals surface area contributed by atoms with Crippen molar-refractivity contribution in [2.75, 3.05) is 13.7 Å². The zero-order chi connectivity index (χ0) is 17.9. The third-order valence-corrected chi connectivity index (χ3v) is 5.86. The Labute approximate surface area is 155 Å². The fourth-order valence-corrected chi connectivity index (χ4v) is 4.58. The van der Waals surface area contributed by atoms with Crippen LogP contribution in [0.15, 0.2) is 42.5 Å². The average Bonchev–Trinajstić information content (AvgIpc) is 2.73. The number of fused-ring (bicyclic) bond motifs is 1. The molecule has 1 aliphatic carbocycles. The first-order valence-electron chi connectivity index (χ1n) is 9.69. The normalized spacial score (nSPS) is 22.6. The first-order chi connectivity index (χ1) is 12.8. The first-order valence-corrected chi connectivity index (χ1v) is 9.69. The molecule has 2 atom stereocenters. The largest absolute Gasteiger partial charge is 0.496 e. The first kappa shape index (κ1) is 17.1. The van der Waals surface area contributed by atoms with E-state index in [1.54, 1.807) is 7.11 Å². The molecule has 4 nitrogen and oxygen atoms in total. The van der Waals surface area contributed by atoms with Gasteiger partial charge in [-0.05, 0) is 55.9 Å². The number of para-hydroxylation sites is 1. The number of rotatable bonds is 3. The number of ether oxygens (including phenoxy) is 1. The van der Waals surface area contributed by atoms with Gasteiger partial charge >= 0.3 is 0 Å². The van der Waals surface area contributed by atoms with Gasteiger partial charge in [-0.2, -0.15) is 0 Å². The van der Waals surface area contributed by atoms with Crippen LogP contribution < -0.4 is 4.74 Å². The predicted octanol–water partition coefficient (Wildman–Crippen LogP) is 4.55. The molecule has 4 rings (SSSR count). The number of hydrogen-bond donors (Lipinski definition) is 0. The lowest BCUT2D eigenvalue weighted by molar-refractivity contribution is 0.0385. The number of piperidine rings is 1. The molecule has 1 aromatic heterocycles. The van der Waals surface area contributed by atoms with E-state index in [-0.39, 0.29) is 5.91 Å². The molecular weight excluding hydrogens is 324 g/mol. The Bertz CT molecular complexity index is 787. The summed E-state index contributed by atoms with van der Waals surface area (Å²) in [7, 11) is 1.66. The van der Waals surface area contributed by atoms with Gasteiger partial charge in [0.05, 0.1) is 12.8 Å². The highest BCUT2D eigenvalue weighted by atomic mass is 16.5. The summed E-state index contributed by atoms with van der Waals surface area (Å²) in [6.45, 7) is 0.862. The van der Waals surface area contributed by atoms with Crippen LogP contribution in [0.1, 0.15) is 49.0 Å². The monoisotopic (exact) mass is 350 g/mol. The van der Waals surface area contributed by atoms with Gasteiger partial charge in [-0.1, -0.05) is 31.0 Å². The Morgan fingerprint density at radius 3 is 2.73 bits per heavy atom. The van der Waals surface area contributed by atoms with Crippen LogP contribution in [0.2, 0.25) is 0 Å². The van der Waals surface area contributed by atoms with Gasteiger partial charge in [0.15, 0.2) is 0 Å². The molecule has 2 unspecified atom stereocenters. The lowest BCUT2D eigenvalue weighted by atomic mass is 9.78. The van der Waals surface area contributed by atoms with Crippen LogP contribution >= 0.6 is 0 Å². The number of nitrogens with zero attached hydrogens (tertiary/aromatic N) is 2. The molecule has 4 heteroatoms. The number of methoxy groups -OCH3 is 1. The van der Waals surface area contributed by atoms with E-state index in [9.17, 15) is 4.79 Å². The number of hydrogen-bond acceptors (Lipinski definition) is 3. The summed E-state index contributed by atoms with van der Waals surface area (Å²) in [6.07, 6.45) is 7.33. The number of pyridine rings is 1. The Kier molecular flexibility index (Phi) is 4.91. The SMILES string of the molecule is COc1ccccc1-c1cccc(C(=O)N2CCCC3CCCCC32)n1. The second-order valence-electron chi connectivity index (χ2n) is 7.36. The molecule has 0 N–H and O–H groups in total. The van der Waals surface area contributed by atoms with Gasteiger partial charge in [0.2, 0.25) is 0 Å². The van der Waals surface area contributed by atoms with Crippen molar-refractivity contribution in [2.24, 2.45) is 5.92 Å². The molecule has 0 spiro atoms. The molecule has 2 fully saturated rings. The highest BCUT2D eigenvalue weighted by molar-refractivity contribution is 5.93. The number of aromatic nitrogens is 1. The molecular formula is C22H26N2O2. The molecule has 1 aliphatic heterocycles. The standard InChI is InChI=1S/C22H26N2O2/c1-26-21-14-5-3-10-17(21)18-11-6-12-19(23-18)22(25)24-15-7-9-16-8-2-4-13-20(16)24/h3,5-6,10-12,14,16,20H,2,4,7-9,13,15H2,1H3. The van der Waals surface area contributed by atoms with Crippen LogP contribution in [0.4, 0.5) is 0 Å². The van der Waals surface area contributed by atoms with Gasteiger partial charge in [0.25, 0.3) is 5.91 Å². The Hall–Kier alpha value is -2.36. The number of benzene rings is 1. The van der Waals surface area contributed by atoms with E-state index >= 15 is 0 Å². The molecule has 0 bridgehead atoms. The van der Waals surface area contributed by atoms with E-state index < -0.39 is 0 Å². The summed E-state index contributed by atoms with van der Waals surface area (Å²) in [5.41, 5.74) is 2.24. The van der Waals surface area contributed by atoms with Crippen LogP contribution in [-0.4, -0.2) is 35.5 Å². The third kappa shape index (κ3) is 3.20. The van der Waals surface area contributed by atoms with Crippen molar-refractivity contribution >= 4 is 5.91 Å². The van der Waals surface area contributed by atoms with Crippen molar-refractivity contribution < 1.29 is 9.53 Å².